The maximum Gasteiger partial charge on any atom is 0.0479 e. The normalized spacial score (nSPS) is 10.8. The van der Waals surface area contributed by atoms with Crippen molar-refractivity contribution in [1.29, 1.82) is 0 Å². The summed E-state index contributed by atoms with van der Waals surface area (Å²) in [5, 5.41) is 2.40. The Bertz CT molecular complexity index is 957. The predicted octanol–water partition coefficient (Wildman–Crippen LogP) is 5.76. The van der Waals surface area contributed by atoms with Crippen molar-refractivity contribution < 1.29 is 0 Å². The summed E-state index contributed by atoms with van der Waals surface area (Å²) in [6.07, 6.45) is 0. The standard InChI is InChI=1S/C22H17N/c23-22-20(16-9-3-1-4-10-16)15-18-13-7-8-14-19(18)21(22)17-11-5-2-6-12-17/h1-15H,23H2. The number of benzene rings is 4. The third kappa shape index (κ3) is 2.36. The van der Waals surface area contributed by atoms with Gasteiger partial charge in [-0.1, -0.05) is 84.9 Å². The van der Waals surface area contributed by atoms with Crippen LogP contribution in [0, 0.1) is 0 Å². The van der Waals surface area contributed by atoms with Crippen molar-refractivity contribution in [2.75, 3.05) is 5.73 Å². The third-order valence-corrected chi connectivity index (χ3v) is 4.24. The SMILES string of the molecule is Nc1c(-c2ccccc2)cc2ccccc2c1-c1ccccc1. The highest BCUT2D eigenvalue weighted by atomic mass is 14.6. The zero-order chi connectivity index (χ0) is 15.6. The lowest BCUT2D eigenvalue weighted by Gasteiger charge is -2.15. The second-order valence-electron chi connectivity index (χ2n) is 5.67. The van der Waals surface area contributed by atoms with Gasteiger partial charge in [0, 0.05) is 16.8 Å². The van der Waals surface area contributed by atoms with Gasteiger partial charge in [0.1, 0.15) is 0 Å². The molecule has 1 heteroatoms. The maximum absolute atomic E-state index is 6.61. The van der Waals surface area contributed by atoms with E-state index in [4.69, 9.17) is 5.73 Å². The molecule has 4 aromatic carbocycles. The number of fused-ring (bicyclic) bond motifs is 1. The zero-order valence-corrected chi connectivity index (χ0v) is 12.7. The monoisotopic (exact) mass is 295 g/mol. The highest BCUT2D eigenvalue weighted by Gasteiger charge is 2.13. The van der Waals surface area contributed by atoms with E-state index in [1.807, 2.05) is 24.3 Å². The van der Waals surface area contributed by atoms with Crippen LogP contribution in [-0.2, 0) is 0 Å². The van der Waals surface area contributed by atoms with Gasteiger partial charge in [0.2, 0.25) is 0 Å². The molecule has 0 saturated carbocycles. The molecule has 0 aliphatic heterocycles. The zero-order valence-electron chi connectivity index (χ0n) is 12.7. The molecule has 1 nitrogen and oxygen atoms in total. The number of anilines is 1. The summed E-state index contributed by atoms with van der Waals surface area (Å²) in [5.41, 5.74) is 11.9. The summed E-state index contributed by atoms with van der Waals surface area (Å²) >= 11 is 0. The largest absolute Gasteiger partial charge is 0.398 e. The molecule has 0 atom stereocenters. The number of nitrogens with two attached hydrogens (primary N) is 1. The number of hydrogen-bond acceptors (Lipinski definition) is 1. The highest BCUT2D eigenvalue weighted by molar-refractivity contribution is 6.07. The Balaban J connectivity index is 2.10. The van der Waals surface area contributed by atoms with Gasteiger partial charge < -0.3 is 5.73 Å². The molecular formula is C22H17N. The molecule has 23 heavy (non-hydrogen) atoms. The van der Waals surface area contributed by atoms with E-state index in [0.29, 0.717) is 0 Å². The maximum atomic E-state index is 6.61. The van der Waals surface area contributed by atoms with E-state index in [1.165, 1.54) is 10.8 Å². The highest BCUT2D eigenvalue weighted by Crippen LogP contribution is 2.40. The molecule has 0 aliphatic rings. The Morgan fingerprint density at radius 3 is 1.83 bits per heavy atom. The smallest absolute Gasteiger partial charge is 0.0479 e. The van der Waals surface area contributed by atoms with E-state index < -0.39 is 0 Å². The van der Waals surface area contributed by atoms with Gasteiger partial charge in [-0.2, -0.15) is 0 Å². The average Bonchev–Trinajstić information content (AvgIpc) is 2.63. The number of hydrogen-bond donors (Lipinski definition) is 1. The molecule has 0 aromatic heterocycles. The fourth-order valence-electron chi connectivity index (χ4n) is 3.14. The Hall–Kier alpha value is -3.06. The van der Waals surface area contributed by atoms with E-state index in [9.17, 15) is 0 Å². The van der Waals surface area contributed by atoms with Gasteiger partial charge in [0.05, 0.1) is 0 Å². The van der Waals surface area contributed by atoms with E-state index >= 15 is 0 Å². The summed E-state index contributed by atoms with van der Waals surface area (Å²) in [6.45, 7) is 0. The minimum Gasteiger partial charge on any atom is -0.398 e. The molecule has 4 rings (SSSR count). The second-order valence-corrected chi connectivity index (χ2v) is 5.67. The Morgan fingerprint density at radius 2 is 1.13 bits per heavy atom. The average molecular weight is 295 g/mol. The van der Waals surface area contributed by atoms with Crippen molar-refractivity contribution in [3.05, 3.63) is 91.0 Å². The molecule has 0 aliphatic carbocycles. The first-order valence-corrected chi connectivity index (χ1v) is 7.76. The summed E-state index contributed by atoms with van der Waals surface area (Å²) in [6, 6.07) is 31.3. The van der Waals surface area contributed by atoms with Gasteiger partial charge in [-0.25, -0.2) is 0 Å². The van der Waals surface area contributed by atoms with Crippen LogP contribution in [0.4, 0.5) is 5.69 Å². The van der Waals surface area contributed by atoms with Gasteiger partial charge in [-0.3, -0.25) is 0 Å². The molecule has 0 unspecified atom stereocenters. The molecule has 0 fully saturated rings. The topological polar surface area (TPSA) is 26.0 Å². The van der Waals surface area contributed by atoms with Crippen molar-refractivity contribution in [3.63, 3.8) is 0 Å². The van der Waals surface area contributed by atoms with Crippen molar-refractivity contribution >= 4 is 16.5 Å². The first kappa shape index (κ1) is 13.6. The van der Waals surface area contributed by atoms with Crippen LogP contribution < -0.4 is 5.73 Å². The molecule has 0 bridgehead atoms. The molecule has 2 N–H and O–H groups in total. The summed E-state index contributed by atoms with van der Waals surface area (Å²) in [7, 11) is 0. The van der Waals surface area contributed by atoms with Crippen molar-refractivity contribution in [2.24, 2.45) is 0 Å². The van der Waals surface area contributed by atoms with Gasteiger partial charge in [-0.15, -0.1) is 0 Å². The fourth-order valence-corrected chi connectivity index (χ4v) is 3.14. The Labute approximate surface area is 136 Å². The van der Waals surface area contributed by atoms with Crippen LogP contribution in [0.15, 0.2) is 91.0 Å². The fraction of sp³-hybridized carbons (Fsp3) is 0. The van der Waals surface area contributed by atoms with Gasteiger partial charge in [-0.05, 0) is 28.0 Å². The third-order valence-electron chi connectivity index (χ3n) is 4.24. The minimum atomic E-state index is 0.834. The van der Waals surface area contributed by atoms with Crippen molar-refractivity contribution in [1.82, 2.24) is 0 Å². The van der Waals surface area contributed by atoms with E-state index in [0.717, 1.165) is 27.9 Å². The molecule has 0 saturated heterocycles. The number of rotatable bonds is 2. The molecule has 0 spiro atoms. The lowest BCUT2D eigenvalue weighted by Crippen LogP contribution is -1.96. The van der Waals surface area contributed by atoms with Gasteiger partial charge in [0.25, 0.3) is 0 Å². The van der Waals surface area contributed by atoms with Crippen LogP contribution in [0.5, 0.6) is 0 Å². The summed E-state index contributed by atoms with van der Waals surface area (Å²) in [5.74, 6) is 0. The van der Waals surface area contributed by atoms with Crippen LogP contribution in [0.3, 0.4) is 0 Å². The summed E-state index contributed by atoms with van der Waals surface area (Å²) in [4.78, 5) is 0. The van der Waals surface area contributed by atoms with E-state index in [-0.39, 0.29) is 0 Å². The van der Waals surface area contributed by atoms with E-state index in [2.05, 4.69) is 66.7 Å². The molecule has 0 amide bonds. The predicted molar refractivity (Wildman–Crippen MR) is 99.2 cm³/mol. The molecule has 4 aromatic rings. The van der Waals surface area contributed by atoms with Crippen LogP contribution in [0.1, 0.15) is 0 Å². The quantitative estimate of drug-likeness (QED) is 0.468. The Morgan fingerprint density at radius 1 is 0.565 bits per heavy atom. The molecule has 0 radical (unpaired) electrons. The van der Waals surface area contributed by atoms with Crippen LogP contribution in [0.2, 0.25) is 0 Å². The lowest BCUT2D eigenvalue weighted by atomic mass is 9.91. The molecular weight excluding hydrogens is 278 g/mol. The number of nitrogen functional groups attached to an aromatic ring is 1. The molecule has 0 heterocycles. The van der Waals surface area contributed by atoms with Crippen LogP contribution >= 0.6 is 0 Å². The Kier molecular flexibility index (Phi) is 3.32. The van der Waals surface area contributed by atoms with Crippen LogP contribution in [0.25, 0.3) is 33.0 Å². The summed E-state index contributed by atoms with van der Waals surface area (Å²) < 4.78 is 0. The van der Waals surface area contributed by atoms with Crippen molar-refractivity contribution in [2.45, 2.75) is 0 Å². The molecule has 110 valence electrons. The van der Waals surface area contributed by atoms with Gasteiger partial charge >= 0.3 is 0 Å². The lowest BCUT2D eigenvalue weighted by molar-refractivity contribution is 1.61. The van der Waals surface area contributed by atoms with E-state index in [1.54, 1.807) is 0 Å². The van der Waals surface area contributed by atoms with Crippen molar-refractivity contribution in [3.8, 4) is 22.3 Å². The first-order valence-electron chi connectivity index (χ1n) is 7.76. The van der Waals surface area contributed by atoms with Gasteiger partial charge in [0.15, 0.2) is 0 Å². The first-order chi connectivity index (χ1) is 11.3. The van der Waals surface area contributed by atoms with Crippen LogP contribution in [-0.4, -0.2) is 0 Å². The minimum absolute atomic E-state index is 0.834. The second kappa shape index (κ2) is 5.62.